The van der Waals surface area contributed by atoms with Gasteiger partial charge in [-0.2, -0.15) is 0 Å². The molecule has 0 aliphatic carbocycles. The Morgan fingerprint density at radius 1 is 1.31 bits per heavy atom. The lowest BCUT2D eigenvalue weighted by molar-refractivity contribution is -0.130. The summed E-state index contributed by atoms with van der Waals surface area (Å²) in [5.41, 5.74) is 0. The second-order valence-electron chi connectivity index (χ2n) is 4.86. The topological polar surface area (TPSA) is 32.3 Å². The number of hydrogen-bond donors (Lipinski definition) is 1. The molecule has 0 heterocycles. The Morgan fingerprint density at radius 3 is 2.31 bits per heavy atom. The Morgan fingerprint density at radius 2 is 1.88 bits per heavy atom. The molecule has 0 fully saturated rings. The van der Waals surface area contributed by atoms with E-state index in [-0.39, 0.29) is 18.3 Å². The van der Waals surface area contributed by atoms with Crippen LogP contribution in [-0.4, -0.2) is 38.0 Å². The van der Waals surface area contributed by atoms with Crippen molar-refractivity contribution in [3.63, 3.8) is 0 Å². The van der Waals surface area contributed by atoms with Crippen LogP contribution in [0, 0.1) is 11.8 Å². The van der Waals surface area contributed by atoms with Crippen molar-refractivity contribution in [1.29, 1.82) is 0 Å². The lowest BCUT2D eigenvalue weighted by Crippen LogP contribution is -2.33. The first kappa shape index (κ1) is 18.1. The third kappa shape index (κ3) is 8.98. The highest BCUT2D eigenvalue weighted by Crippen LogP contribution is 2.15. The zero-order valence-electron chi connectivity index (χ0n) is 11.2. The lowest BCUT2D eigenvalue weighted by atomic mass is 9.95. The van der Waals surface area contributed by atoms with Gasteiger partial charge in [-0.3, -0.25) is 4.79 Å². The van der Waals surface area contributed by atoms with Crippen LogP contribution in [0.2, 0.25) is 0 Å². The fourth-order valence-corrected chi connectivity index (χ4v) is 1.75. The summed E-state index contributed by atoms with van der Waals surface area (Å²) in [5.74, 6) is 1.43. The molecule has 0 bridgehead atoms. The van der Waals surface area contributed by atoms with Crippen LogP contribution in [0.3, 0.4) is 0 Å². The molecule has 4 heteroatoms. The van der Waals surface area contributed by atoms with Gasteiger partial charge in [0.05, 0.1) is 0 Å². The zero-order chi connectivity index (χ0) is 11.8. The first-order chi connectivity index (χ1) is 6.97. The molecular formula is C12H27ClN2O. The van der Waals surface area contributed by atoms with Gasteiger partial charge in [-0.05, 0) is 25.3 Å². The second-order valence-corrected chi connectivity index (χ2v) is 4.86. The summed E-state index contributed by atoms with van der Waals surface area (Å²) in [7, 11) is 3.78. The second kappa shape index (κ2) is 9.91. The van der Waals surface area contributed by atoms with E-state index in [4.69, 9.17) is 0 Å². The Labute approximate surface area is 106 Å². The molecule has 98 valence electrons. The quantitative estimate of drug-likeness (QED) is 0.751. The number of carbonyl (C=O) groups is 1. The zero-order valence-corrected chi connectivity index (χ0v) is 12.1. The van der Waals surface area contributed by atoms with E-state index in [9.17, 15) is 4.79 Å². The molecule has 0 aromatic heterocycles. The van der Waals surface area contributed by atoms with E-state index in [1.807, 2.05) is 19.0 Å². The normalized spacial score (nSPS) is 12.1. The SMILES string of the molecule is CNCCN(C)C(=O)CC(C)CC(C)C.Cl. The van der Waals surface area contributed by atoms with Gasteiger partial charge in [0.25, 0.3) is 0 Å². The lowest BCUT2D eigenvalue weighted by Gasteiger charge is -2.20. The van der Waals surface area contributed by atoms with E-state index in [0.717, 1.165) is 19.5 Å². The standard InChI is InChI=1S/C12H26N2O.ClH/c1-10(2)8-11(3)9-12(15)14(5)7-6-13-4;/h10-11,13H,6-9H2,1-5H3;1H. The molecule has 0 aromatic carbocycles. The summed E-state index contributed by atoms with van der Waals surface area (Å²) >= 11 is 0. The summed E-state index contributed by atoms with van der Waals surface area (Å²) < 4.78 is 0. The van der Waals surface area contributed by atoms with E-state index < -0.39 is 0 Å². The van der Waals surface area contributed by atoms with Crippen molar-refractivity contribution in [3.8, 4) is 0 Å². The smallest absolute Gasteiger partial charge is 0.222 e. The monoisotopic (exact) mass is 250 g/mol. The van der Waals surface area contributed by atoms with Crippen LogP contribution in [0.4, 0.5) is 0 Å². The molecule has 0 rings (SSSR count). The minimum Gasteiger partial charge on any atom is -0.344 e. The first-order valence-corrected chi connectivity index (χ1v) is 5.86. The number of halogens is 1. The number of likely N-dealkylation sites (N-methyl/N-ethyl adjacent to an activating group) is 2. The highest BCUT2D eigenvalue weighted by atomic mass is 35.5. The van der Waals surface area contributed by atoms with E-state index >= 15 is 0 Å². The van der Waals surface area contributed by atoms with E-state index in [0.29, 0.717) is 18.3 Å². The molecule has 0 aliphatic heterocycles. The van der Waals surface area contributed by atoms with Crippen LogP contribution in [0.5, 0.6) is 0 Å². The van der Waals surface area contributed by atoms with Gasteiger partial charge in [0, 0.05) is 26.6 Å². The van der Waals surface area contributed by atoms with Gasteiger partial charge in [0.15, 0.2) is 0 Å². The Bertz CT molecular complexity index is 186. The van der Waals surface area contributed by atoms with Crippen molar-refractivity contribution in [2.45, 2.75) is 33.6 Å². The summed E-state index contributed by atoms with van der Waals surface area (Å²) in [6, 6.07) is 0. The fourth-order valence-electron chi connectivity index (χ4n) is 1.75. The summed E-state index contributed by atoms with van der Waals surface area (Å²) in [6.07, 6.45) is 1.81. The minimum atomic E-state index is 0. The highest BCUT2D eigenvalue weighted by Gasteiger charge is 2.13. The molecule has 0 aromatic rings. The van der Waals surface area contributed by atoms with Gasteiger partial charge in [0.1, 0.15) is 0 Å². The van der Waals surface area contributed by atoms with Crippen molar-refractivity contribution < 1.29 is 4.79 Å². The maximum atomic E-state index is 11.7. The molecule has 0 spiro atoms. The van der Waals surface area contributed by atoms with Gasteiger partial charge in [0.2, 0.25) is 5.91 Å². The van der Waals surface area contributed by atoms with Crippen LogP contribution < -0.4 is 5.32 Å². The van der Waals surface area contributed by atoms with Crippen molar-refractivity contribution in [1.82, 2.24) is 10.2 Å². The number of nitrogens with zero attached hydrogens (tertiary/aromatic N) is 1. The van der Waals surface area contributed by atoms with Gasteiger partial charge in [-0.1, -0.05) is 20.8 Å². The predicted molar refractivity (Wildman–Crippen MR) is 72.0 cm³/mol. The van der Waals surface area contributed by atoms with Crippen LogP contribution in [0.1, 0.15) is 33.6 Å². The fraction of sp³-hybridized carbons (Fsp3) is 0.917. The average molecular weight is 251 g/mol. The molecular weight excluding hydrogens is 224 g/mol. The Balaban J connectivity index is 0. The molecule has 0 saturated heterocycles. The Kier molecular flexibility index (Phi) is 11.2. The Hall–Kier alpha value is -0.280. The van der Waals surface area contributed by atoms with E-state index in [1.165, 1.54) is 0 Å². The summed E-state index contributed by atoms with van der Waals surface area (Å²) in [4.78, 5) is 13.6. The molecule has 16 heavy (non-hydrogen) atoms. The molecule has 0 radical (unpaired) electrons. The number of hydrogen-bond acceptors (Lipinski definition) is 2. The van der Waals surface area contributed by atoms with E-state index in [2.05, 4.69) is 26.1 Å². The van der Waals surface area contributed by atoms with Crippen molar-refractivity contribution in [3.05, 3.63) is 0 Å². The van der Waals surface area contributed by atoms with Crippen LogP contribution in [-0.2, 0) is 4.79 Å². The number of carbonyl (C=O) groups excluding carboxylic acids is 1. The molecule has 1 amide bonds. The maximum Gasteiger partial charge on any atom is 0.222 e. The molecule has 1 unspecified atom stereocenters. The van der Waals surface area contributed by atoms with Gasteiger partial charge in [-0.25, -0.2) is 0 Å². The minimum absolute atomic E-state index is 0. The van der Waals surface area contributed by atoms with Crippen molar-refractivity contribution >= 4 is 18.3 Å². The third-order valence-electron chi connectivity index (χ3n) is 2.52. The number of rotatable bonds is 7. The van der Waals surface area contributed by atoms with Crippen LogP contribution in [0.25, 0.3) is 0 Å². The summed E-state index contributed by atoms with van der Waals surface area (Å²) in [5, 5.41) is 3.05. The van der Waals surface area contributed by atoms with Gasteiger partial charge < -0.3 is 10.2 Å². The van der Waals surface area contributed by atoms with Crippen LogP contribution in [0.15, 0.2) is 0 Å². The molecule has 1 atom stereocenters. The third-order valence-corrected chi connectivity index (χ3v) is 2.52. The number of amides is 1. The molecule has 0 saturated carbocycles. The maximum absolute atomic E-state index is 11.7. The predicted octanol–water partition coefficient (Wildman–Crippen LogP) is 2.16. The highest BCUT2D eigenvalue weighted by molar-refractivity contribution is 5.85. The largest absolute Gasteiger partial charge is 0.344 e. The average Bonchev–Trinajstić information content (AvgIpc) is 2.12. The van der Waals surface area contributed by atoms with Crippen molar-refractivity contribution in [2.24, 2.45) is 11.8 Å². The van der Waals surface area contributed by atoms with Crippen LogP contribution >= 0.6 is 12.4 Å². The van der Waals surface area contributed by atoms with E-state index in [1.54, 1.807) is 0 Å². The first-order valence-electron chi connectivity index (χ1n) is 5.86. The van der Waals surface area contributed by atoms with Crippen molar-refractivity contribution in [2.75, 3.05) is 27.2 Å². The van der Waals surface area contributed by atoms with Gasteiger partial charge >= 0.3 is 0 Å². The molecule has 1 N–H and O–H groups in total. The number of nitrogens with one attached hydrogen (secondary N) is 1. The molecule has 0 aliphatic rings. The summed E-state index contributed by atoms with van der Waals surface area (Å²) in [6.45, 7) is 8.21. The van der Waals surface area contributed by atoms with Gasteiger partial charge in [-0.15, -0.1) is 12.4 Å². The molecule has 3 nitrogen and oxygen atoms in total.